The number of ether oxygens (including phenoxy) is 1. The summed E-state index contributed by atoms with van der Waals surface area (Å²) in [5.74, 6) is 0. The van der Waals surface area contributed by atoms with Gasteiger partial charge in [-0.2, -0.15) is 0 Å². The van der Waals surface area contributed by atoms with Crippen molar-refractivity contribution in [2.75, 3.05) is 7.11 Å². The van der Waals surface area contributed by atoms with Crippen LogP contribution in [0.5, 0.6) is 0 Å². The fraction of sp³-hybridized carbons (Fsp3) is 0.471. The summed E-state index contributed by atoms with van der Waals surface area (Å²) < 4.78 is 5.77. The minimum absolute atomic E-state index is 0.454. The van der Waals surface area contributed by atoms with E-state index in [2.05, 4.69) is 4.98 Å². The van der Waals surface area contributed by atoms with E-state index in [1.54, 1.807) is 13.3 Å². The Kier molecular flexibility index (Phi) is 3.72. The zero-order valence-corrected chi connectivity index (χ0v) is 11.9. The number of benzene rings is 1. The summed E-state index contributed by atoms with van der Waals surface area (Å²) in [6.07, 6.45) is 8.28. The predicted molar refractivity (Wildman–Crippen MR) is 79.5 cm³/mol. The van der Waals surface area contributed by atoms with Crippen LogP contribution in [0.25, 0.3) is 10.8 Å². The van der Waals surface area contributed by atoms with E-state index in [4.69, 9.17) is 4.74 Å². The Labute approximate surface area is 119 Å². The highest BCUT2D eigenvalue weighted by atomic mass is 16.5. The van der Waals surface area contributed by atoms with Gasteiger partial charge < -0.3 is 9.84 Å². The zero-order chi connectivity index (χ0) is 14.0. The van der Waals surface area contributed by atoms with Crippen molar-refractivity contribution in [1.29, 1.82) is 0 Å². The van der Waals surface area contributed by atoms with Gasteiger partial charge in [0.05, 0.1) is 5.60 Å². The summed E-state index contributed by atoms with van der Waals surface area (Å²) in [6, 6.07) is 8.06. The van der Waals surface area contributed by atoms with E-state index >= 15 is 0 Å². The molecule has 1 N–H and O–H groups in total. The molecule has 1 heterocycles. The lowest BCUT2D eigenvalue weighted by Crippen LogP contribution is -2.40. The van der Waals surface area contributed by atoms with Crippen LogP contribution < -0.4 is 0 Å². The van der Waals surface area contributed by atoms with Crippen LogP contribution in [-0.4, -0.2) is 22.8 Å². The number of aliphatic hydroxyl groups excluding tert-OH is 1. The standard InChI is InChI=1S/C17H21NO2/c1-20-17(9-5-2-6-10-17)16(19)15-12-18-11-13-7-3-4-8-14(13)15/h3-4,7-8,11-12,16,19H,2,5-6,9-10H2,1H3. The van der Waals surface area contributed by atoms with Gasteiger partial charge in [0.2, 0.25) is 0 Å². The number of hydrogen-bond acceptors (Lipinski definition) is 3. The molecule has 1 aromatic heterocycles. The van der Waals surface area contributed by atoms with Gasteiger partial charge in [-0.3, -0.25) is 4.98 Å². The third-order valence-electron chi connectivity index (χ3n) is 4.60. The minimum atomic E-state index is -0.619. The molecular formula is C17H21NO2. The molecule has 3 heteroatoms. The van der Waals surface area contributed by atoms with E-state index in [0.29, 0.717) is 0 Å². The number of aromatic nitrogens is 1. The first-order valence-corrected chi connectivity index (χ1v) is 7.33. The van der Waals surface area contributed by atoms with Crippen LogP contribution in [0.4, 0.5) is 0 Å². The van der Waals surface area contributed by atoms with Gasteiger partial charge in [-0.05, 0) is 18.2 Å². The molecule has 3 rings (SSSR count). The van der Waals surface area contributed by atoms with Crippen molar-refractivity contribution in [2.24, 2.45) is 0 Å². The normalized spacial score (nSPS) is 19.9. The molecule has 1 aliphatic carbocycles. The number of fused-ring (bicyclic) bond motifs is 1. The van der Waals surface area contributed by atoms with E-state index < -0.39 is 11.7 Å². The first kappa shape index (κ1) is 13.5. The number of nitrogens with zero attached hydrogens (tertiary/aromatic N) is 1. The molecule has 1 atom stereocenters. The Morgan fingerprint density at radius 1 is 1.15 bits per heavy atom. The summed E-state index contributed by atoms with van der Waals surface area (Å²) >= 11 is 0. The topological polar surface area (TPSA) is 42.4 Å². The second-order valence-corrected chi connectivity index (χ2v) is 5.68. The maximum absolute atomic E-state index is 10.9. The smallest absolute Gasteiger partial charge is 0.110 e. The monoisotopic (exact) mass is 271 g/mol. The fourth-order valence-corrected chi connectivity index (χ4v) is 3.38. The molecular weight excluding hydrogens is 250 g/mol. The predicted octanol–water partition coefficient (Wildman–Crippen LogP) is 3.62. The lowest BCUT2D eigenvalue weighted by atomic mass is 9.77. The van der Waals surface area contributed by atoms with Crippen LogP contribution in [-0.2, 0) is 4.74 Å². The summed E-state index contributed by atoms with van der Waals surface area (Å²) in [5.41, 5.74) is 0.427. The number of methoxy groups -OCH3 is 1. The summed E-state index contributed by atoms with van der Waals surface area (Å²) in [5, 5.41) is 13.1. The Morgan fingerprint density at radius 3 is 2.65 bits per heavy atom. The average Bonchev–Trinajstić information content (AvgIpc) is 2.54. The van der Waals surface area contributed by atoms with Crippen LogP contribution >= 0.6 is 0 Å². The van der Waals surface area contributed by atoms with Crippen LogP contribution in [0.2, 0.25) is 0 Å². The number of pyridine rings is 1. The van der Waals surface area contributed by atoms with E-state index in [0.717, 1.165) is 42.0 Å². The van der Waals surface area contributed by atoms with Crippen LogP contribution in [0.1, 0.15) is 43.8 Å². The highest BCUT2D eigenvalue weighted by molar-refractivity contribution is 5.85. The second kappa shape index (κ2) is 5.51. The molecule has 1 fully saturated rings. The lowest BCUT2D eigenvalue weighted by Gasteiger charge is -2.40. The van der Waals surface area contributed by atoms with Crippen molar-refractivity contribution < 1.29 is 9.84 Å². The van der Waals surface area contributed by atoms with Crippen molar-refractivity contribution in [1.82, 2.24) is 4.98 Å². The quantitative estimate of drug-likeness (QED) is 0.927. The number of hydrogen-bond donors (Lipinski definition) is 1. The SMILES string of the molecule is COC1(C(O)c2cncc3ccccc23)CCCCC1. The van der Waals surface area contributed by atoms with Crippen LogP contribution in [0.15, 0.2) is 36.7 Å². The first-order chi connectivity index (χ1) is 9.77. The largest absolute Gasteiger partial charge is 0.385 e. The number of aliphatic hydroxyl groups is 1. The van der Waals surface area contributed by atoms with Gasteiger partial charge in [0.15, 0.2) is 0 Å². The third-order valence-corrected chi connectivity index (χ3v) is 4.60. The lowest BCUT2D eigenvalue weighted by molar-refractivity contribution is -0.124. The summed E-state index contributed by atoms with van der Waals surface area (Å²) in [7, 11) is 1.72. The Balaban J connectivity index is 2.05. The highest BCUT2D eigenvalue weighted by Crippen LogP contribution is 2.42. The van der Waals surface area contributed by atoms with Gasteiger partial charge in [-0.25, -0.2) is 0 Å². The molecule has 20 heavy (non-hydrogen) atoms. The minimum Gasteiger partial charge on any atom is -0.385 e. The van der Waals surface area contributed by atoms with Gasteiger partial charge in [0.1, 0.15) is 6.10 Å². The molecule has 0 spiro atoms. The molecule has 1 aliphatic rings. The van der Waals surface area contributed by atoms with Crippen LogP contribution in [0, 0.1) is 0 Å². The molecule has 1 saturated carbocycles. The average molecular weight is 271 g/mol. The summed E-state index contributed by atoms with van der Waals surface area (Å²) in [6.45, 7) is 0. The second-order valence-electron chi connectivity index (χ2n) is 5.68. The van der Waals surface area contributed by atoms with Crippen molar-refractivity contribution in [3.63, 3.8) is 0 Å². The highest BCUT2D eigenvalue weighted by Gasteiger charge is 2.40. The van der Waals surface area contributed by atoms with E-state index in [1.165, 1.54) is 6.42 Å². The van der Waals surface area contributed by atoms with E-state index in [1.807, 2.05) is 30.5 Å². The van der Waals surface area contributed by atoms with Gasteiger partial charge in [-0.1, -0.05) is 43.5 Å². The molecule has 0 bridgehead atoms. The Hall–Kier alpha value is -1.45. The Morgan fingerprint density at radius 2 is 1.90 bits per heavy atom. The third kappa shape index (κ3) is 2.21. The van der Waals surface area contributed by atoms with Crippen molar-refractivity contribution in [3.05, 3.63) is 42.2 Å². The fourth-order valence-electron chi connectivity index (χ4n) is 3.38. The molecule has 106 valence electrons. The maximum atomic E-state index is 10.9. The molecule has 0 aliphatic heterocycles. The molecule has 1 aromatic carbocycles. The van der Waals surface area contributed by atoms with E-state index in [9.17, 15) is 5.11 Å². The molecule has 1 unspecified atom stereocenters. The van der Waals surface area contributed by atoms with Gasteiger partial charge in [0, 0.05) is 30.5 Å². The molecule has 0 amide bonds. The Bertz CT molecular complexity index is 585. The first-order valence-electron chi connectivity index (χ1n) is 7.33. The zero-order valence-electron chi connectivity index (χ0n) is 11.9. The molecule has 0 saturated heterocycles. The van der Waals surface area contributed by atoms with Gasteiger partial charge >= 0.3 is 0 Å². The summed E-state index contributed by atoms with van der Waals surface area (Å²) in [4.78, 5) is 4.28. The molecule has 0 radical (unpaired) electrons. The number of rotatable bonds is 3. The van der Waals surface area contributed by atoms with E-state index in [-0.39, 0.29) is 0 Å². The molecule has 3 nitrogen and oxygen atoms in total. The van der Waals surface area contributed by atoms with Crippen molar-refractivity contribution >= 4 is 10.8 Å². The van der Waals surface area contributed by atoms with Crippen LogP contribution in [0.3, 0.4) is 0 Å². The maximum Gasteiger partial charge on any atom is 0.110 e. The van der Waals surface area contributed by atoms with Gasteiger partial charge in [0.25, 0.3) is 0 Å². The van der Waals surface area contributed by atoms with Crippen molar-refractivity contribution in [3.8, 4) is 0 Å². The van der Waals surface area contributed by atoms with Gasteiger partial charge in [-0.15, -0.1) is 0 Å². The van der Waals surface area contributed by atoms with Crippen molar-refractivity contribution in [2.45, 2.75) is 43.8 Å². The molecule has 2 aromatic rings.